The molecule has 0 radical (unpaired) electrons. The number of nitrogens with zero attached hydrogens (tertiary/aromatic N) is 2. The van der Waals surface area contributed by atoms with Crippen molar-refractivity contribution >= 4 is 34.4 Å². The van der Waals surface area contributed by atoms with Gasteiger partial charge in [0, 0.05) is 17.1 Å². The first-order chi connectivity index (χ1) is 13.7. The van der Waals surface area contributed by atoms with E-state index in [2.05, 4.69) is 9.72 Å². The Morgan fingerprint density at radius 1 is 1.34 bits per heavy atom. The quantitative estimate of drug-likeness (QED) is 0.560. The van der Waals surface area contributed by atoms with E-state index in [9.17, 15) is 18.7 Å². The van der Waals surface area contributed by atoms with E-state index in [1.54, 1.807) is 29.8 Å². The third-order valence-corrected chi connectivity index (χ3v) is 4.54. The van der Waals surface area contributed by atoms with Crippen molar-refractivity contribution in [3.63, 3.8) is 0 Å². The molecule has 0 spiro atoms. The van der Waals surface area contributed by atoms with Crippen molar-refractivity contribution in [2.75, 3.05) is 6.61 Å². The number of carboxylic acids is 1. The van der Waals surface area contributed by atoms with Gasteiger partial charge < -0.3 is 14.6 Å². The molecule has 2 aromatic heterocycles. The Morgan fingerprint density at radius 3 is 2.76 bits per heavy atom. The van der Waals surface area contributed by atoms with Gasteiger partial charge >= 0.3 is 12.6 Å². The molecule has 1 N–H and O–H groups in total. The van der Waals surface area contributed by atoms with Crippen LogP contribution in [-0.4, -0.2) is 33.7 Å². The second-order valence-corrected chi connectivity index (χ2v) is 8.32. The molecule has 29 heavy (non-hydrogen) atoms. The molecule has 0 atom stereocenters. The molecule has 0 aliphatic carbocycles. The summed E-state index contributed by atoms with van der Waals surface area (Å²) in [6, 6.07) is 4.63. The molecule has 9 heteroatoms. The fourth-order valence-corrected chi connectivity index (χ4v) is 3.32. The highest BCUT2D eigenvalue weighted by atomic mass is 32.1. The number of benzene rings is 1. The molecule has 2 heterocycles. The summed E-state index contributed by atoms with van der Waals surface area (Å²) in [6.07, 6.45) is 4.73. The average Bonchev–Trinajstić information content (AvgIpc) is 3.17. The molecule has 154 valence electrons. The van der Waals surface area contributed by atoms with Gasteiger partial charge in [-0.3, -0.25) is 4.40 Å². The Morgan fingerprint density at radius 2 is 2.10 bits per heavy atom. The number of alkyl halides is 2. The Labute approximate surface area is 170 Å². The fraction of sp³-hybridized carbons (Fsp3) is 0.300. The van der Waals surface area contributed by atoms with Gasteiger partial charge in [-0.2, -0.15) is 8.78 Å². The second kappa shape index (κ2) is 8.20. The first-order valence-corrected chi connectivity index (χ1v) is 9.61. The van der Waals surface area contributed by atoms with E-state index in [1.807, 2.05) is 20.8 Å². The maximum atomic E-state index is 12.8. The van der Waals surface area contributed by atoms with E-state index < -0.39 is 12.6 Å². The number of carbonyl (C=O) groups is 1. The number of halogens is 2. The molecule has 0 saturated carbocycles. The number of imidazole rings is 1. The predicted molar refractivity (Wildman–Crippen MR) is 107 cm³/mol. The van der Waals surface area contributed by atoms with Crippen molar-refractivity contribution in [2.45, 2.75) is 27.4 Å². The van der Waals surface area contributed by atoms with Gasteiger partial charge in [0.05, 0.1) is 12.3 Å². The van der Waals surface area contributed by atoms with Gasteiger partial charge in [-0.05, 0) is 23.6 Å². The predicted octanol–water partition coefficient (Wildman–Crippen LogP) is 5.29. The zero-order valence-electron chi connectivity index (χ0n) is 16.1. The molecule has 0 aliphatic rings. The van der Waals surface area contributed by atoms with Crippen LogP contribution in [0.3, 0.4) is 0 Å². The van der Waals surface area contributed by atoms with Gasteiger partial charge in [0.1, 0.15) is 0 Å². The molecule has 0 amide bonds. The van der Waals surface area contributed by atoms with Crippen molar-refractivity contribution in [3.8, 4) is 11.5 Å². The number of hydrogen-bond donors (Lipinski definition) is 1. The van der Waals surface area contributed by atoms with Crippen molar-refractivity contribution in [1.82, 2.24) is 9.38 Å². The van der Waals surface area contributed by atoms with Crippen LogP contribution in [0.2, 0.25) is 0 Å². The van der Waals surface area contributed by atoms with Crippen LogP contribution >= 0.6 is 11.3 Å². The summed E-state index contributed by atoms with van der Waals surface area (Å²) in [5.41, 5.74) is 0.546. The number of aromatic carboxylic acids is 1. The van der Waals surface area contributed by atoms with E-state index in [-0.39, 0.29) is 34.9 Å². The number of aromatic nitrogens is 2. The highest BCUT2D eigenvalue weighted by Gasteiger charge is 2.20. The summed E-state index contributed by atoms with van der Waals surface area (Å²) in [5, 5.41) is 11.3. The lowest BCUT2D eigenvalue weighted by Crippen LogP contribution is -2.18. The van der Waals surface area contributed by atoms with Gasteiger partial charge in [0.15, 0.2) is 22.2 Å². The summed E-state index contributed by atoms with van der Waals surface area (Å²) in [4.78, 5) is 16.5. The first kappa shape index (κ1) is 20.8. The molecule has 0 bridgehead atoms. The van der Waals surface area contributed by atoms with Crippen LogP contribution in [0.1, 0.15) is 42.5 Å². The van der Waals surface area contributed by atoms with E-state index in [0.717, 1.165) is 0 Å². The van der Waals surface area contributed by atoms with Crippen LogP contribution in [0.5, 0.6) is 11.5 Å². The molecule has 0 aliphatic heterocycles. The van der Waals surface area contributed by atoms with Crippen LogP contribution < -0.4 is 9.47 Å². The summed E-state index contributed by atoms with van der Waals surface area (Å²) in [6.45, 7) is 3.14. The van der Waals surface area contributed by atoms with Gasteiger partial charge in [0.25, 0.3) is 0 Å². The molecule has 3 aromatic rings. The Balaban J connectivity index is 2.00. The monoisotopic (exact) mass is 422 g/mol. The molecule has 1 aromatic carbocycles. The number of rotatable bonds is 7. The van der Waals surface area contributed by atoms with Crippen molar-refractivity contribution < 1.29 is 28.2 Å². The maximum absolute atomic E-state index is 12.8. The smallest absolute Gasteiger partial charge is 0.387 e. The van der Waals surface area contributed by atoms with Crippen LogP contribution in [0.15, 0.2) is 29.8 Å². The van der Waals surface area contributed by atoms with Gasteiger partial charge in [0.2, 0.25) is 0 Å². The van der Waals surface area contributed by atoms with E-state index in [1.165, 1.54) is 27.9 Å². The molecular formula is C20H20F2N2O4S. The lowest BCUT2D eigenvalue weighted by Gasteiger charge is -2.21. The Bertz CT molecular complexity index is 1050. The minimum atomic E-state index is -3.00. The summed E-state index contributed by atoms with van der Waals surface area (Å²) in [7, 11) is 0. The molecule has 3 rings (SSSR count). The standard InChI is InChI=1S/C20H20F2N2O4S/c1-20(2,3)11-27-16-12(5-4-6-14(16)28-18(21)22)7-8-13-15(17(25)26)24-9-10-29-19(24)23-13/h4-10,18H,11H2,1-3H3,(H,25,26). The third kappa shape index (κ3) is 4.92. The highest BCUT2D eigenvalue weighted by Crippen LogP contribution is 2.35. The molecular weight excluding hydrogens is 402 g/mol. The average molecular weight is 422 g/mol. The zero-order chi connectivity index (χ0) is 21.2. The van der Waals surface area contributed by atoms with Crippen LogP contribution in [0.4, 0.5) is 8.78 Å². The van der Waals surface area contributed by atoms with Gasteiger partial charge in [-0.15, -0.1) is 11.3 Å². The Kier molecular flexibility index (Phi) is 5.88. The molecule has 6 nitrogen and oxygen atoms in total. The van der Waals surface area contributed by atoms with Crippen LogP contribution in [0.25, 0.3) is 17.1 Å². The lowest BCUT2D eigenvalue weighted by molar-refractivity contribution is -0.0517. The van der Waals surface area contributed by atoms with Crippen molar-refractivity contribution in [3.05, 3.63) is 46.7 Å². The number of para-hydroxylation sites is 1. The normalized spacial score (nSPS) is 12.2. The van der Waals surface area contributed by atoms with E-state index >= 15 is 0 Å². The SMILES string of the molecule is CC(C)(C)COc1c(C=Cc2nc3sccn3c2C(=O)O)cccc1OC(F)F. The third-order valence-electron chi connectivity index (χ3n) is 3.79. The lowest BCUT2D eigenvalue weighted by atomic mass is 9.98. The summed E-state index contributed by atoms with van der Waals surface area (Å²) in [5.74, 6) is -1.04. The molecule has 0 saturated heterocycles. The highest BCUT2D eigenvalue weighted by molar-refractivity contribution is 7.15. The van der Waals surface area contributed by atoms with Gasteiger partial charge in [-0.25, -0.2) is 9.78 Å². The number of fused-ring (bicyclic) bond motifs is 1. The number of ether oxygens (including phenoxy) is 2. The maximum Gasteiger partial charge on any atom is 0.387 e. The van der Waals surface area contributed by atoms with E-state index in [4.69, 9.17) is 4.74 Å². The van der Waals surface area contributed by atoms with Crippen molar-refractivity contribution in [2.24, 2.45) is 5.41 Å². The van der Waals surface area contributed by atoms with Crippen LogP contribution in [-0.2, 0) is 0 Å². The minimum absolute atomic E-state index is 0.0228. The molecule has 0 fully saturated rings. The van der Waals surface area contributed by atoms with Crippen LogP contribution in [0, 0.1) is 5.41 Å². The fourth-order valence-electron chi connectivity index (χ4n) is 2.60. The zero-order valence-corrected chi connectivity index (χ0v) is 16.9. The second-order valence-electron chi connectivity index (χ2n) is 7.44. The summed E-state index contributed by atoms with van der Waals surface area (Å²) < 4.78 is 37.5. The Hall–Kier alpha value is -2.94. The summed E-state index contributed by atoms with van der Waals surface area (Å²) >= 11 is 1.31. The largest absolute Gasteiger partial charge is 0.489 e. The topological polar surface area (TPSA) is 73.1 Å². The van der Waals surface area contributed by atoms with E-state index in [0.29, 0.717) is 10.5 Å². The number of thiazole rings is 1. The van der Waals surface area contributed by atoms with Crippen molar-refractivity contribution in [1.29, 1.82) is 0 Å². The van der Waals surface area contributed by atoms with Gasteiger partial charge in [-0.1, -0.05) is 32.9 Å². The number of hydrogen-bond acceptors (Lipinski definition) is 5. The first-order valence-electron chi connectivity index (χ1n) is 8.73. The molecule has 0 unspecified atom stereocenters. The minimum Gasteiger partial charge on any atom is -0.489 e. The number of carboxylic acid groups (broad SMARTS) is 1.